The Hall–Kier alpha value is -7.02. The Bertz CT molecular complexity index is 2830. The fourth-order valence-corrected chi connectivity index (χ4v) is 10.8. The Labute approximate surface area is 480 Å². The normalized spacial score (nSPS) is 19.7. The number of nitrogens with one attached hydrogen (secondary N) is 2. The molecule has 1 saturated heterocycles. The van der Waals surface area contributed by atoms with Gasteiger partial charge in [-0.25, -0.2) is 17.6 Å². The van der Waals surface area contributed by atoms with Crippen molar-refractivity contribution < 1.29 is 45.9 Å². The van der Waals surface area contributed by atoms with E-state index in [1.807, 2.05) is 30.3 Å². The molecule has 444 valence electrons. The van der Waals surface area contributed by atoms with Gasteiger partial charge >= 0.3 is 0 Å². The monoisotopic (exact) mass is 1140 g/mol. The number of amides is 5. The van der Waals surface area contributed by atoms with Crippen molar-refractivity contribution in [3.8, 4) is 0 Å². The van der Waals surface area contributed by atoms with Gasteiger partial charge in [0.25, 0.3) is 0 Å². The molecule has 2 heterocycles. The number of halogens is 5. The van der Waals surface area contributed by atoms with Crippen LogP contribution in [0.25, 0.3) is 0 Å². The lowest BCUT2D eigenvalue weighted by Crippen LogP contribution is -2.53. The zero-order chi connectivity index (χ0) is 59.7. The van der Waals surface area contributed by atoms with Gasteiger partial charge in [0.05, 0.1) is 7.18 Å². The van der Waals surface area contributed by atoms with Crippen LogP contribution < -0.4 is 33.6 Å². The molecule has 0 spiro atoms. The molecule has 0 aromatic heterocycles. The van der Waals surface area contributed by atoms with E-state index < -0.39 is 35.9 Å². The molecule has 2 aliphatic heterocycles. The number of rotatable bonds is 17. The Morgan fingerprint density at radius 2 is 1.16 bits per heavy atom. The smallest absolute Gasteiger partial charge is 0.243 e. The van der Waals surface area contributed by atoms with E-state index in [0.717, 1.165) is 49.1 Å². The van der Waals surface area contributed by atoms with E-state index in [4.69, 9.17) is 22.9 Å². The van der Waals surface area contributed by atoms with E-state index in [-0.39, 0.29) is 91.9 Å². The first-order chi connectivity index (χ1) is 39.5. The second kappa shape index (κ2) is 33.8. The summed E-state index contributed by atoms with van der Waals surface area (Å²) in [6.45, 7) is 2.56. The van der Waals surface area contributed by atoms with Crippen molar-refractivity contribution >= 4 is 29.5 Å². The number of fused-ring (bicyclic) bond motifs is 2. The number of nitrogens with two attached hydrogens (primary N) is 4. The maximum absolute atomic E-state index is 14.0. The summed E-state index contributed by atoms with van der Waals surface area (Å²) in [5, 5.41) is 5.27. The third-order valence-corrected chi connectivity index (χ3v) is 15.4. The van der Waals surface area contributed by atoms with E-state index in [2.05, 4.69) is 17.6 Å². The lowest BCUT2D eigenvalue weighted by Gasteiger charge is -2.36. The number of hydrogen-bond donors (Lipinski definition) is 6. The molecule has 10 N–H and O–H groups in total. The Kier molecular flexibility index (Phi) is 27.1. The maximum atomic E-state index is 14.0. The molecule has 3 aliphatic carbocycles. The van der Waals surface area contributed by atoms with Crippen molar-refractivity contribution in [2.24, 2.45) is 34.8 Å². The Morgan fingerprint density at radius 1 is 0.634 bits per heavy atom. The minimum absolute atomic E-state index is 0.0202. The molecule has 6 unspecified atom stereocenters. The second-order valence-corrected chi connectivity index (χ2v) is 21.5. The van der Waals surface area contributed by atoms with Crippen molar-refractivity contribution in [3.05, 3.63) is 178 Å². The fourth-order valence-electron chi connectivity index (χ4n) is 10.8. The lowest BCUT2D eigenvalue weighted by atomic mass is 9.84. The van der Waals surface area contributed by atoms with E-state index in [0.29, 0.717) is 61.0 Å². The standard InChI is InChI=1S/C27H27F2N3O2.C19H26FN3O2.C12H17FN2O.C5H10.CH3F/c28-23-11-5-3-8-19(23)13-22(30)15-26(33)32-17-21-10-2-1-7-18(21)14-25(32)27(34)31-16-20-9-4-6-12-24(20)29;20-15-7-3-1-5-12(15)9-14(21)11-18(24)23-16-8-4-2-6-13(16)10-17(23)19(22)25;1-15-12(16)8-10(14)7-9-5-3-2-4-6-11(9)13;1-2-5-3-4-5;1-2/h1-12,22,25H,13-17,30H2,(H,31,34);1,3,5,7,13-14,16-17H,2,4,6,8-11,21H2,(H2,22,25);3-6,10H,2,7-8,14H2,1H3,(H,15,16);5H,2-4H2,1H3;1H3/t22?,25-;;;;/m0..../s1. The van der Waals surface area contributed by atoms with E-state index in [1.165, 1.54) is 48.4 Å². The number of likely N-dealkylation sites (tertiary alicyclic amines) is 1. The Balaban J connectivity index is 0.000000224. The van der Waals surface area contributed by atoms with Crippen molar-refractivity contribution in [1.29, 1.82) is 0 Å². The van der Waals surface area contributed by atoms with Crippen LogP contribution in [0.4, 0.5) is 22.0 Å². The predicted molar refractivity (Wildman–Crippen MR) is 311 cm³/mol. The van der Waals surface area contributed by atoms with Gasteiger partial charge in [0.1, 0.15) is 35.4 Å². The lowest BCUT2D eigenvalue weighted by molar-refractivity contribution is -0.142. The molecule has 5 aliphatic rings. The largest absolute Gasteiger partial charge is 0.368 e. The molecule has 82 heavy (non-hydrogen) atoms. The zero-order valence-corrected chi connectivity index (χ0v) is 47.5. The van der Waals surface area contributed by atoms with Gasteiger partial charge in [-0.05, 0) is 109 Å². The first-order valence-electron chi connectivity index (χ1n) is 28.5. The highest BCUT2D eigenvalue weighted by Crippen LogP contribution is 2.40. The molecule has 4 aromatic carbocycles. The van der Waals surface area contributed by atoms with Crippen LogP contribution in [0.3, 0.4) is 0 Å². The number of allylic oxidation sites excluding steroid dienone is 5. The number of nitrogens with zero attached hydrogens (tertiary/aromatic N) is 2. The SMILES string of the molecule is CCC1CC1.CF.CNC(=O)CC(N)CC1=C(F)C=CCC=C1.NC(=O)C1CC2CCCCC2N1C(=O)CC(N)Cc1ccccc1F.NC(CC(=O)N1Cc2ccccc2C[C@H]1C(=O)NCc1ccccc1F)Cc1ccccc1F. The highest BCUT2D eigenvalue weighted by molar-refractivity contribution is 5.89. The van der Waals surface area contributed by atoms with E-state index in [1.54, 1.807) is 78.7 Å². The van der Waals surface area contributed by atoms with Crippen molar-refractivity contribution in [1.82, 2.24) is 20.4 Å². The van der Waals surface area contributed by atoms with Gasteiger partial charge in [-0.3, -0.25) is 28.4 Å². The maximum Gasteiger partial charge on any atom is 0.243 e. The molecule has 0 bridgehead atoms. The van der Waals surface area contributed by atoms with Crippen LogP contribution in [-0.2, 0) is 56.3 Å². The molecule has 18 heteroatoms. The van der Waals surface area contributed by atoms with Crippen LogP contribution in [0, 0.1) is 29.3 Å². The number of benzene rings is 4. The molecule has 13 nitrogen and oxygen atoms in total. The van der Waals surface area contributed by atoms with Crippen LogP contribution >= 0.6 is 0 Å². The van der Waals surface area contributed by atoms with Crippen molar-refractivity contribution in [2.45, 2.75) is 159 Å². The first-order valence-corrected chi connectivity index (χ1v) is 28.5. The van der Waals surface area contributed by atoms with Gasteiger partial charge in [-0.15, -0.1) is 0 Å². The highest BCUT2D eigenvalue weighted by atomic mass is 19.1. The minimum atomic E-state index is -0.741. The zero-order valence-electron chi connectivity index (χ0n) is 47.5. The molecule has 7 atom stereocenters. The summed E-state index contributed by atoms with van der Waals surface area (Å²) < 4.78 is 64.7. The summed E-state index contributed by atoms with van der Waals surface area (Å²) in [7, 11) is 2.06. The number of hydrogen-bond acceptors (Lipinski definition) is 8. The molecular formula is C64H83F5N8O5. The molecular weight excluding hydrogens is 1060 g/mol. The summed E-state index contributed by atoms with van der Waals surface area (Å²) in [5.74, 6) is -1.16. The summed E-state index contributed by atoms with van der Waals surface area (Å²) >= 11 is 0. The van der Waals surface area contributed by atoms with Gasteiger partial charge in [0.2, 0.25) is 29.5 Å². The van der Waals surface area contributed by atoms with Gasteiger partial charge in [0, 0.05) is 75.6 Å². The molecule has 0 radical (unpaired) electrons. The average Bonchev–Trinajstić information content (AvgIpc) is 4.44. The van der Waals surface area contributed by atoms with Gasteiger partial charge in [-0.2, -0.15) is 0 Å². The molecule has 4 aromatic rings. The topological polar surface area (TPSA) is 220 Å². The number of alkyl halides is 1. The van der Waals surface area contributed by atoms with E-state index in [9.17, 15) is 45.9 Å². The van der Waals surface area contributed by atoms with E-state index >= 15 is 0 Å². The summed E-state index contributed by atoms with van der Waals surface area (Å²) in [4.78, 5) is 65.3. The number of carbonyl (C=O) groups is 5. The van der Waals surface area contributed by atoms with Crippen LogP contribution in [0.1, 0.15) is 118 Å². The molecule has 2 saturated carbocycles. The van der Waals surface area contributed by atoms with Crippen LogP contribution in [-0.4, -0.2) is 89.8 Å². The molecule has 3 fully saturated rings. The number of primary amides is 1. The summed E-state index contributed by atoms with van der Waals surface area (Å²) in [6, 6.07) is 24.1. The number of carbonyl (C=O) groups excluding carboxylic acids is 5. The highest BCUT2D eigenvalue weighted by Gasteiger charge is 2.46. The van der Waals surface area contributed by atoms with Gasteiger partial charge < -0.3 is 43.4 Å². The minimum Gasteiger partial charge on any atom is -0.368 e. The molecule has 9 rings (SSSR count). The van der Waals surface area contributed by atoms with Gasteiger partial charge in [-0.1, -0.05) is 136 Å². The van der Waals surface area contributed by atoms with Crippen LogP contribution in [0.5, 0.6) is 0 Å². The fraction of sp³-hybridized carbons (Fsp3) is 0.453. The predicted octanol–water partition coefficient (Wildman–Crippen LogP) is 9.20. The van der Waals surface area contributed by atoms with Crippen LogP contribution in [0.2, 0.25) is 0 Å². The van der Waals surface area contributed by atoms with Crippen LogP contribution in [0.15, 0.2) is 133 Å². The quantitative estimate of drug-likeness (QED) is 0.0559. The van der Waals surface area contributed by atoms with Crippen molar-refractivity contribution in [2.75, 3.05) is 14.2 Å². The first kappa shape index (κ1) is 65.8. The summed E-state index contributed by atoms with van der Waals surface area (Å²) in [5.41, 5.74) is 27.5. The third-order valence-electron chi connectivity index (χ3n) is 15.4. The third kappa shape index (κ3) is 20.4. The van der Waals surface area contributed by atoms with Crippen molar-refractivity contribution in [3.63, 3.8) is 0 Å². The Morgan fingerprint density at radius 3 is 1.71 bits per heavy atom. The summed E-state index contributed by atoms with van der Waals surface area (Å²) in [6.07, 6.45) is 18.3. The molecule has 5 amide bonds. The van der Waals surface area contributed by atoms with Gasteiger partial charge in [0.15, 0.2) is 0 Å². The second-order valence-electron chi connectivity index (χ2n) is 21.5. The average molecular weight is 1140 g/mol.